The second kappa shape index (κ2) is 11.0. The molecular formula is C21H21Cl2N5O6S2. The Bertz CT molecular complexity index is 1370. The molecule has 5 N–H and O–H groups in total. The lowest BCUT2D eigenvalue weighted by molar-refractivity contribution is 0.101. The van der Waals surface area contributed by atoms with E-state index < -0.39 is 34.2 Å². The third-order valence-electron chi connectivity index (χ3n) is 5.65. The minimum atomic E-state index is -4.12. The number of carbonyl (C=O) groups excluding carboxylic acids is 1. The second-order valence-electron chi connectivity index (χ2n) is 8.16. The number of aromatic nitrogens is 3. The van der Waals surface area contributed by atoms with Gasteiger partial charge in [0, 0.05) is 23.7 Å². The van der Waals surface area contributed by atoms with E-state index in [1.165, 1.54) is 18.6 Å². The summed E-state index contributed by atoms with van der Waals surface area (Å²) in [6.45, 7) is -0.256. The smallest absolute Gasteiger partial charge is 0.333 e. The lowest BCUT2D eigenvalue weighted by atomic mass is 10.1. The van der Waals surface area contributed by atoms with Gasteiger partial charge in [-0.25, -0.2) is 20.1 Å². The number of ketones is 1. The maximum atomic E-state index is 13.3. The molecule has 1 saturated carbocycles. The molecule has 11 nitrogen and oxygen atoms in total. The Morgan fingerprint density at radius 3 is 2.83 bits per heavy atom. The molecule has 0 amide bonds. The number of nitrogens with one attached hydrogen (secondary N) is 1. The highest BCUT2D eigenvalue weighted by molar-refractivity contribution is 7.84. The number of hydrogen-bond donors (Lipinski definition) is 4. The van der Waals surface area contributed by atoms with Crippen LogP contribution in [0.4, 0.5) is 5.82 Å². The lowest BCUT2D eigenvalue weighted by Crippen LogP contribution is -2.24. The number of halogens is 2. The number of anilines is 1. The average Bonchev–Trinajstić information content (AvgIpc) is 3.38. The van der Waals surface area contributed by atoms with Crippen LogP contribution in [0.2, 0.25) is 9.49 Å². The van der Waals surface area contributed by atoms with Gasteiger partial charge in [0.25, 0.3) is 0 Å². The van der Waals surface area contributed by atoms with Crippen LogP contribution in [0.15, 0.2) is 36.8 Å². The van der Waals surface area contributed by atoms with Crippen molar-refractivity contribution in [2.45, 2.75) is 31.1 Å². The fourth-order valence-electron chi connectivity index (χ4n) is 3.94. The van der Waals surface area contributed by atoms with Gasteiger partial charge in [0.1, 0.15) is 23.4 Å². The lowest BCUT2D eigenvalue weighted by Gasteiger charge is -2.15. The van der Waals surface area contributed by atoms with Crippen LogP contribution < -0.4 is 10.5 Å². The summed E-state index contributed by atoms with van der Waals surface area (Å²) in [6.07, 6.45) is 1.26. The average molecular weight is 574 g/mol. The number of carbonyl (C=O) groups is 1. The van der Waals surface area contributed by atoms with Crippen LogP contribution in [-0.2, 0) is 14.5 Å². The molecule has 15 heteroatoms. The maximum Gasteiger partial charge on any atom is 0.333 e. The number of hydrogen-bond acceptors (Lipinski definition) is 11. The Morgan fingerprint density at radius 2 is 2.11 bits per heavy atom. The Hall–Kier alpha value is -2.23. The topological polar surface area (TPSA) is 178 Å². The van der Waals surface area contributed by atoms with E-state index in [9.17, 15) is 23.4 Å². The zero-order chi connectivity index (χ0) is 26.0. The van der Waals surface area contributed by atoms with Crippen LogP contribution >= 0.6 is 34.5 Å². The molecule has 0 spiro atoms. The van der Waals surface area contributed by atoms with Crippen LogP contribution in [-0.4, -0.2) is 58.1 Å². The van der Waals surface area contributed by atoms with Crippen molar-refractivity contribution in [3.8, 4) is 0 Å². The van der Waals surface area contributed by atoms with Crippen LogP contribution in [0.1, 0.15) is 45.4 Å². The molecule has 0 aliphatic heterocycles. The molecule has 3 aromatic heterocycles. The van der Waals surface area contributed by atoms with Gasteiger partial charge in [0.15, 0.2) is 0 Å². The first-order chi connectivity index (χ1) is 17.0. The first-order valence-corrected chi connectivity index (χ1v) is 13.6. The molecule has 1 unspecified atom stereocenters. The summed E-state index contributed by atoms with van der Waals surface area (Å²) >= 11 is 13.2. The Balaban J connectivity index is 1.51. The fraction of sp³-hybridized carbons (Fsp3) is 0.333. The molecule has 4 atom stereocenters. The van der Waals surface area contributed by atoms with Crippen molar-refractivity contribution < 1.29 is 27.6 Å². The molecule has 0 radical (unpaired) electrons. The molecule has 4 rings (SSSR count). The minimum Gasteiger partial charge on any atom is -0.393 e. The van der Waals surface area contributed by atoms with Gasteiger partial charge in [0.2, 0.25) is 5.78 Å². The number of rotatable bonds is 9. The Morgan fingerprint density at radius 1 is 1.33 bits per heavy atom. The Kier molecular flexibility index (Phi) is 8.22. The predicted molar refractivity (Wildman–Crippen MR) is 133 cm³/mol. The van der Waals surface area contributed by atoms with Crippen molar-refractivity contribution >= 4 is 56.4 Å². The molecule has 3 heterocycles. The van der Waals surface area contributed by atoms with E-state index in [1.54, 1.807) is 18.2 Å². The number of nitrogens with two attached hydrogens (primary N) is 1. The highest BCUT2D eigenvalue weighted by atomic mass is 35.5. The van der Waals surface area contributed by atoms with Crippen molar-refractivity contribution in [2.75, 3.05) is 11.9 Å². The van der Waals surface area contributed by atoms with E-state index in [4.69, 9.17) is 28.3 Å². The van der Waals surface area contributed by atoms with Crippen LogP contribution in [0.5, 0.6) is 0 Å². The van der Waals surface area contributed by atoms with Gasteiger partial charge in [-0.15, -0.1) is 11.3 Å². The van der Waals surface area contributed by atoms with Gasteiger partial charge in [-0.3, -0.25) is 8.98 Å². The number of nitrogens with zero attached hydrogens (tertiary/aromatic N) is 3. The predicted octanol–water partition coefficient (Wildman–Crippen LogP) is 2.32. The Labute approximate surface area is 220 Å². The highest BCUT2D eigenvalue weighted by Crippen LogP contribution is 2.37. The van der Waals surface area contributed by atoms with E-state index in [0.717, 1.165) is 11.3 Å². The van der Waals surface area contributed by atoms with Crippen molar-refractivity contribution in [1.82, 2.24) is 15.0 Å². The van der Waals surface area contributed by atoms with Gasteiger partial charge in [-0.2, -0.15) is 8.42 Å². The standard InChI is InChI=1S/C21H21Cl2N5O6S2/c22-17-3-1-2-14(28-17)18(30)12-6-16(35-20(12)23)19(31)13-7-25-9-26-21(13)27-11-4-10(15(29)5-11)8-34-36(24,32)33/h1-3,6-7,9-11,15,18,29-30H,4-5,8H2,(H2,24,32,33)(H,25,26,27)/t10-,11-,15+,18?/m1/s1. The summed E-state index contributed by atoms with van der Waals surface area (Å²) < 4.78 is 26.9. The van der Waals surface area contributed by atoms with Gasteiger partial charge in [0.05, 0.1) is 33.2 Å². The van der Waals surface area contributed by atoms with Gasteiger partial charge in [-0.1, -0.05) is 29.3 Å². The van der Waals surface area contributed by atoms with E-state index in [1.807, 2.05) is 0 Å². The summed E-state index contributed by atoms with van der Waals surface area (Å²) in [6, 6.07) is 5.99. The first-order valence-electron chi connectivity index (χ1n) is 10.6. The summed E-state index contributed by atoms with van der Waals surface area (Å²) in [7, 11) is -4.12. The highest BCUT2D eigenvalue weighted by Gasteiger charge is 2.35. The number of aliphatic hydroxyl groups is 2. The molecule has 0 bridgehead atoms. The molecule has 0 saturated heterocycles. The van der Waals surface area contributed by atoms with Crippen molar-refractivity contribution in [2.24, 2.45) is 11.1 Å². The number of thiophene rings is 1. The third-order valence-corrected chi connectivity index (χ3v) is 7.71. The summed E-state index contributed by atoms with van der Waals surface area (Å²) in [4.78, 5) is 25.8. The van der Waals surface area contributed by atoms with Crippen molar-refractivity contribution in [3.05, 3.63) is 68.0 Å². The molecule has 0 aromatic carbocycles. The molecule has 36 heavy (non-hydrogen) atoms. The first kappa shape index (κ1) is 26.8. The van der Waals surface area contributed by atoms with E-state index in [-0.39, 0.29) is 50.5 Å². The van der Waals surface area contributed by atoms with E-state index in [2.05, 4.69) is 24.5 Å². The normalized spacial score (nSPS) is 20.9. The van der Waals surface area contributed by atoms with Crippen molar-refractivity contribution in [3.63, 3.8) is 0 Å². The zero-order valence-corrected chi connectivity index (χ0v) is 21.6. The van der Waals surface area contributed by atoms with Crippen LogP contribution in [0.3, 0.4) is 0 Å². The third kappa shape index (κ3) is 6.36. The maximum absolute atomic E-state index is 13.3. The molecule has 1 aliphatic carbocycles. The zero-order valence-electron chi connectivity index (χ0n) is 18.4. The number of aliphatic hydroxyl groups excluding tert-OH is 2. The molecular weight excluding hydrogens is 553 g/mol. The van der Waals surface area contributed by atoms with Gasteiger partial charge >= 0.3 is 10.3 Å². The molecule has 192 valence electrons. The largest absolute Gasteiger partial charge is 0.393 e. The SMILES string of the molecule is NS(=O)(=O)OC[C@H]1C[C@@H](Nc2ncncc2C(=O)c2cc(C(O)c3cccc(Cl)n3)c(Cl)s2)C[C@@H]1O. The fourth-order valence-corrected chi connectivity index (χ4v) is 5.75. The summed E-state index contributed by atoms with van der Waals surface area (Å²) in [5, 5.41) is 29.2. The van der Waals surface area contributed by atoms with Crippen LogP contribution in [0.25, 0.3) is 0 Å². The minimum absolute atomic E-state index is 0.163. The summed E-state index contributed by atoms with van der Waals surface area (Å²) in [5.74, 6) is -0.652. The molecule has 3 aromatic rings. The summed E-state index contributed by atoms with van der Waals surface area (Å²) in [5.41, 5.74) is 0.756. The van der Waals surface area contributed by atoms with E-state index in [0.29, 0.717) is 12.0 Å². The van der Waals surface area contributed by atoms with Gasteiger partial charge < -0.3 is 15.5 Å². The van der Waals surface area contributed by atoms with Crippen molar-refractivity contribution in [1.29, 1.82) is 0 Å². The molecule has 1 fully saturated rings. The number of pyridine rings is 1. The monoisotopic (exact) mass is 573 g/mol. The second-order valence-corrected chi connectivity index (χ2v) is 11.4. The molecule has 1 aliphatic rings. The van der Waals surface area contributed by atoms with Gasteiger partial charge in [-0.05, 0) is 31.0 Å². The van der Waals surface area contributed by atoms with Crippen LogP contribution in [0, 0.1) is 5.92 Å². The van der Waals surface area contributed by atoms with E-state index >= 15 is 0 Å². The quantitative estimate of drug-likeness (QED) is 0.219.